The number of benzene rings is 1. The van der Waals surface area contributed by atoms with Gasteiger partial charge in [-0.2, -0.15) is 0 Å². The van der Waals surface area contributed by atoms with Gasteiger partial charge in [0.15, 0.2) is 0 Å². The van der Waals surface area contributed by atoms with Gasteiger partial charge < -0.3 is 20.9 Å². The highest BCUT2D eigenvalue weighted by Crippen LogP contribution is 2.10. The number of phenols is 1. The molecule has 0 aliphatic carbocycles. The number of aromatic hydroxyl groups is 1. The summed E-state index contributed by atoms with van der Waals surface area (Å²) >= 11 is 0. The Morgan fingerprint density at radius 2 is 1.78 bits per heavy atom. The highest BCUT2D eigenvalue weighted by molar-refractivity contribution is 5.73. The van der Waals surface area contributed by atoms with E-state index in [1.54, 1.807) is 12.1 Å². The first kappa shape index (κ1) is 13.8. The number of aliphatic carboxylic acids is 1. The van der Waals surface area contributed by atoms with Crippen LogP contribution in [0.4, 0.5) is 0 Å². The highest BCUT2D eigenvalue weighted by Gasteiger charge is 2.11. The maximum atomic E-state index is 10.4. The number of aromatic amines is 1. The van der Waals surface area contributed by atoms with Gasteiger partial charge in [0.1, 0.15) is 11.8 Å². The summed E-state index contributed by atoms with van der Waals surface area (Å²) in [4.78, 5) is 13.3. The van der Waals surface area contributed by atoms with E-state index in [9.17, 15) is 4.79 Å². The van der Waals surface area contributed by atoms with Gasteiger partial charge >= 0.3 is 5.97 Å². The molecule has 0 aliphatic rings. The predicted molar refractivity (Wildman–Crippen MR) is 68.2 cm³/mol. The van der Waals surface area contributed by atoms with Crippen molar-refractivity contribution in [3.05, 3.63) is 54.4 Å². The van der Waals surface area contributed by atoms with Crippen LogP contribution < -0.4 is 5.73 Å². The third-order valence-corrected chi connectivity index (χ3v) is 2.21. The molecule has 0 aliphatic heterocycles. The normalized spacial score (nSPS) is 11.2. The van der Waals surface area contributed by atoms with Crippen LogP contribution in [0, 0.1) is 0 Å². The van der Waals surface area contributed by atoms with E-state index < -0.39 is 12.0 Å². The van der Waals surface area contributed by atoms with Crippen LogP contribution in [-0.2, 0) is 11.2 Å². The van der Waals surface area contributed by atoms with Gasteiger partial charge in [-0.05, 0) is 36.2 Å². The van der Waals surface area contributed by atoms with Crippen LogP contribution in [0.15, 0.2) is 48.8 Å². The van der Waals surface area contributed by atoms with Crippen molar-refractivity contribution in [3.8, 4) is 5.75 Å². The fourth-order valence-electron chi connectivity index (χ4n) is 1.25. The number of hydrogen-bond acceptors (Lipinski definition) is 3. The van der Waals surface area contributed by atoms with Crippen LogP contribution in [0.25, 0.3) is 0 Å². The molecule has 1 aromatic heterocycles. The van der Waals surface area contributed by atoms with Gasteiger partial charge in [-0.15, -0.1) is 0 Å². The number of carboxylic acids is 1. The Bertz CT molecular complexity index is 434. The Morgan fingerprint density at radius 3 is 2.17 bits per heavy atom. The average Bonchev–Trinajstić information content (AvgIpc) is 2.90. The van der Waals surface area contributed by atoms with E-state index in [1.807, 2.05) is 24.5 Å². The molecule has 0 saturated carbocycles. The van der Waals surface area contributed by atoms with Crippen LogP contribution in [-0.4, -0.2) is 27.2 Å². The second-order valence-electron chi connectivity index (χ2n) is 3.70. The fourth-order valence-corrected chi connectivity index (χ4v) is 1.25. The molecular weight excluding hydrogens is 232 g/mol. The second kappa shape index (κ2) is 7.13. The van der Waals surface area contributed by atoms with E-state index in [1.165, 1.54) is 12.1 Å². The van der Waals surface area contributed by atoms with E-state index in [0.717, 1.165) is 5.56 Å². The number of aromatic nitrogens is 1. The Hall–Kier alpha value is -2.27. The molecule has 2 aromatic rings. The first-order chi connectivity index (χ1) is 8.59. The molecule has 5 N–H and O–H groups in total. The smallest absolute Gasteiger partial charge is 0.320 e. The second-order valence-corrected chi connectivity index (χ2v) is 3.70. The molecule has 1 unspecified atom stereocenters. The molecule has 0 spiro atoms. The summed E-state index contributed by atoms with van der Waals surface area (Å²) in [7, 11) is 0. The van der Waals surface area contributed by atoms with E-state index >= 15 is 0 Å². The lowest BCUT2D eigenvalue weighted by Crippen LogP contribution is -2.32. The largest absolute Gasteiger partial charge is 0.508 e. The number of nitrogens with one attached hydrogen (secondary N) is 1. The maximum Gasteiger partial charge on any atom is 0.320 e. The van der Waals surface area contributed by atoms with Crippen LogP contribution in [0.2, 0.25) is 0 Å². The topological polar surface area (TPSA) is 99.3 Å². The molecular formula is C13H16N2O3. The minimum absolute atomic E-state index is 0.160. The van der Waals surface area contributed by atoms with Crippen molar-refractivity contribution >= 4 is 5.97 Å². The molecule has 5 nitrogen and oxygen atoms in total. The number of H-pyrrole nitrogens is 1. The highest BCUT2D eigenvalue weighted by atomic mass is 16.4. The molecule has 1 atom stereocenters. The quantitative estimate of drug-likeness (QED) is 0.659. The van der Waals surface area contributed by atoms with E-state index in [4.69, 9.17) is 15.9 Å². The monoisotopic (exact) mass is 248 g/mol. The van der Waals surface area contributed by atoms with Crippen molar-refractivity contribution in [2.45, 2.75) is 12.5 Å². The Morgan fingerprint density at radius 1 is 1.22 bits per heavy atom. The number of phenolic OH excluding ortho intramolecular Hbond substituents is 1. The number of carbonyl (C=O) groups is 1. The summed E-state index contributed by atoms with van der Waals surface area (Å²) in [6.45, 7) is 0. The molecule has 0 saturated heterocycles. The van der Waals surface area contributed by atoms with E-state index in [0.29, 0.717) is 0 Å². The van der Waals surface area contributed by atoms with Gasteiger partial charge in [0, 0.05) is 12.4 Å². The number of hydrogen-bond donors (Lipinski definition) is 4. The fraction of sp³-hybridized carbons (Fsp3) is 0.154. The Kier molecular flexibility index (Phi) is 5.47. The molecule has 1 aromatic carbocycles. The maximum absolute atomic E-state index is 10.4. The molecule has 96 valence electrons. The van der Waals surface area contributed by atoms with Gasteiger partial charge in [0.2, 0.25) is 0 Å². The minimum atomic E-state index is -1.02. The zero-order chi connectivity index (χ0) is 13.4. The zero-order valence-electron chi connectivity index (χ0n) is 9.78. The van der Waals surface area contributed by atoms with Crippen molar-refractivity contribution in [1.82, 2.24) is 4.98 Å². The van der Waals surface area contributed by atoms with Crippen molar-refractivity contribution < 1.29 is 15.0 Å². The van der Waals surface area contributed by atoms with E-state index in [2.05, 4.69) is 4.98 Å². The molecule has 5 heteroatoms. The van der Waals surface area contributed by atoms with Crippen molar-refractivity contribution in [2.75, 3.05) is 0 Å². The van der Waals surface area contributed by atoms with Gasteiger partial charge in [-0.3, -0.25) is 4.79 Å². The first-order valence-electron chi connectivity index (χ1n) is 5.43. The molecule has 1 heterocycles. The van der Waals surface area contributed by atoms with Crippen LogP contribution >= 0.6 is 0 Å². The number of carboxylic acid groups (broad SMARTS) is 1. The lowest BCUT2D eigenvalue weighted by atomic mass is 10.1. The molecule has 0 bridgehead atoms. The molecule has 0 fully saturated rings. The summed E-state index contributed by atoms with van der Waals surface area (Å²) in [6.07, 6.45) is 4.02. The van der Waals surface area contributed by atoms with Gasteiger partial charge in [0.05, 0.1) is 0 Å². The Balaban J connectivity index is 0.000000269. The van der Waals surface area contributed by atoms with Gasteiger partial charge in [-0.25, -0.2) is 0 Å². The lowest BCUT2D eigenvalue weighted by molar-refractivity contribution is -0.138. The summed E-state index contributed by atoms with van der Waals surface area (Å²) in [5.41, 5.74) is 6.12. The molecule has 18 heavy (non-hydrogen) atoms. The minimum Gasteiger partial charge on any atom is -0.508 e. The van der Waals surface area contributed by atoms with Crippen molar-refractivity contribution in [2.24, 2.45) is 5.73 Å². The van der Waals surface area contributed by atoms with Crippen LogP contribution in [0.3, 0.4) is 0 Å². The number of rotatable bonds is 3. The zero-order valence-corrected chi connectivity index (χ0v) is 9.78. The molecule has 2 rings (SSSR count). The molecule has 0 amide bonds. The lowest BCUT2D eigenvalue weighted by Gasteiger charge is -2.05. The summed E-state index contributed by atoms with van der Waals surface area (Å²) < 4.78 is 0. The summed E-state index contributed by atoms with van der Waals surface area (Å²) in [6, 6.07) is 9.31. The van der Waals surface area contributed by atoms with Crippen LogP contribution in [0.1, 0.15) is 5.56 Å². The van der Waals surface area contributed by atoms with Gasteiger partial charge in [-0.1, -0.05) is 12.1 Å². The Labute approximate surface area is 105 Å². The predicted octanol–water partition coefficient (Wildman–Crippen LogP) is 1.36. The van der Waals surface area contributed by atoms with Crippen molar-refractivity contribution in [1.29, 1.82) is 0 Å². The van der Waals surface area contributed by atoms with Crippen LogP contribution in [0.5, 0.6) is 5.75 Å². The SMILES string of the molecule is NC(Cc1ccc(O)cc1)C(=O)O.c1cc[nH]c1. The summed E-state index contributed by atoms with van der Waals surface area (Å²) in [5, 5.41) is 17.5. The summed E-state index contributed by atoms with van der Waals surface area (Å²) in [5.74, 6) is -0.860. The standard InChI is InChI=1S/C9H11NO3.C4H5N/c10-8(9(12)13)5-6-1-3-7(11)4-2-6;1-2-4-5-3-1/h1-4,8,11H,5,10H2,(H,12,13);1-5H. The molecule has 0 radical (unpaired) electrons. The average molecular weight is 248 g/mol. The van der Waals surface area contributed by atoms with E-state index in [-0.39, 0.29) is 12.2 Å². The first-order valence-corrected chi connectivity index (χ1v) is 5.43. The van der Waals surface area contributed by atoms with Gasteiger partial charge in [0.25, 0.3) is 0 Å². The van der Waals surface area contributed by atoms with Crippen molar-refractivity contribution in [3.63, 3.8) is 0 Å². The number of nitrogens with two attached hydrogens (primary N) is 1. The third kappa shape index (κ3) is 5.18. The third-order valence-electron chi connectivity index (χ3n) is 2.21.